The summed E-state index contributed by atoms with van der Waals surface area (Å²) in [6.07, 6.45) is 1.83. The number of thiazole rings is 1. The second-order valence-corrected chi connectivity index (χ2v) is 11.0. The molecule has 3 aromatic carbocycles. The number of hydrogen-bond donors (Lipinski definition) is 0. The number of carbonyl (C=O) groups excluding carboxylic acids is 1. The Kier molecular flexibility index (Phi) is 7.90. The Labute approximate surface area is 243 Å². The summed E-state index contributed by atoms with van der Waals surface area (Å²) >= 11 is 3.49. The first kappa shape index (κ1) is 27.1. The van der Waals surface area contributed by atoms with Crippen molar-refractivity contribution >= 4 is 56.7 Å². The van der Waals surface area contributed by atoms with E-state index in [4.69, 9.17) is 19.2 Å². The number of methoxy groups -OCH3 is 1. The van der Waals surface area contributed by atoms with Crippen LogP contribution in [0, 0.1) is 3.57 Å². The largest absolute Gasteiger partial charge is 0.492 e. The minimum atomic E-state index is -0.677. The predicted molar refractivity (Wildman–Crippen MR) is 161 cm³/mol. The highest BCUT2D eigenvalue weighted by molar-refractivity contribution is 14.1. The van der Waals surface area contributed by atoms with Gasteiger partial charge < -0.3 is 14.2 Å². The molecule has 1 aliphatic rings. The lowest BCUT2D eigenvalue weighted by molar-refractivity contribution is -0.139. The van der Waals surface area contributed by atoms with Gasteiger partial charge in [0.1, 0.15) is 0 Å². The smallest absolute Gasteiger partial charge is 0.338 e. The van der Waals surface area contributed by atoms with Crippen molar-refractivity contribution in [1.82, 2.24) is 4.57 Å². The molecule has 0 saturated carbocycles. The zero-order valence-electron chi connectivity index (χ0n) is 22.0. The summed E-state index contributed by atoms with van der Waals surface area (Å²) in [6.45, 7) is 6.18. The van der Waals surface area contributed by atoms with Crippen molar-refractivity contribution in [1.29, 1.82) is 0 Å². The van der Waals surface area contributed by atoms with E-state index in [0.29, 0.717) is 38.7 Å². The van der Waals surface area contributed by atoms with Gasteiger partial charge in [0, 0.05) is 0 Å². The summed E-state index contributed by atoms with van der Waals surface area (Å²) in [6, 6.07) is 17.0. The Balaban J connectivity index is 1.76. The Bertz CT molecular complexity index is 1800. The van der Waals surface area contributed by atoms with E-state index in [1.807, 2.05) is 67.6 Å². The summed E-state index contributed by atoms with van der Waals surface area (Å²) in [5, 5.41) is 1.98. The summed E-state index contributed by atoms with van der Waals surface area (Å²) < 4.78 is 19.7. The van der Waals surface area contributed by atoms with E-state index in [1.165, 1.54) is 11.3 Å². The molecule has 0 unspecified atom stereocenters. The van der Waals surface area contributed by atoms with Crippen molar-refractivity contribution in [2.45, 2.75) is 26.8 Å². The molecule has 0 spiro atoms. The molecule has 0 fully saturated rings. The molecule has 9 heteroatoms. The van der Waals surface area contributed by atoms with Crippen LogP contribution in [-0.2, 0) is 9.53 Å². The third-order valence-corrected chi connectivity index (χ3v) is 8.25. The van der Waals surface area contributed by atoms with Gasteiger partial charge in [-0.2, -0.15) is 0 Å². The summed E-state index contributed by atoms with van der Waals surface area (Å²) in [5.74, 6) is 0.791. The van der Waals surface area contributed by atoms with Gasteiger partial charge in [0.15, 0.2) is 16.3 Å². The van der Waals surface area contributed by atoms with E-state index < -0.39 is 12.0 Å². The standard InChI is InChI=1S/C30H27IN2O5S/c1-5-37-23-15-18(14-22(31)27(23)36-4)16-24-28(34)33-26(21-13-9-11-19-10-7-8-12-20(19)21)25(29(35)38-6-2)17(3)32-30(33)39-24/h7-16,26H,5-6H2,1-4H3/b24-16+/t26-/m1/s1. The van der Waals surface area contributed by atoms with Crippen molar-refractivity contribution < 1.29 is 19.0 Å². The normalized spacial score (nSPS) is 15.2. The topological polar surface area (TPSA) is 79.1 Å². The molecule has 1 aliphatic heterocycles. The third-order valence-electron chi connectivity index (χ3n) is 6.47. The maximum absolute atomic E-state index is 14.0. The monoisotopic (exact) mass is 654 g/mol. The van der Waals surface area contributed by atoms with Crippen LogP contribution in [0.1, 0.15) is 37.9 Å². The van der Waals surface area contributed by atoms with Crippen LogP contribution in [0.15, 0.2) is 75.7 Å². The van der Waals surface area contributed by atoms with E-state index in [0.717, 1.165) is 25.5 Å². The van der Waals surface area contributed by atoms with E-state index in [2.05, 4.69) is 22.6 Å². The van der Waals surface area contributed by atoms with Crippen LogP contribution in [0.4, 0.5) is 0 Å². The zero-order valence-corrected chi connectivity index (χ0v) is 25.0. The Morgan fingerprint density at radius 1 is 1.13 bits per heavy atom. The van der Waals surface area contributed by atoms with Gasteiger partial charge in [-0.25, -0.2) is 9.79 Å². The molecule has 1 aromatic heterocycles. The maximum Gasteiger partial charge on any atom is 0.338 e. The summed E-state index contributed by atoms with van der Waals surface area (Å²) in [7, 11) is 1.61. The number of carbonyl (C=O) groups is 1. The number of allylic oxidation sites excluding steroid dienone is 1. The highest BCUT2D eigenvalue weighted by Crippen LogP contribution is 2.36. The van der Waals surface area contributed by atoms with Crippen LogP contribution in [0.25, 0.3) is 16.8 Å². The number of benzene rings is 3. The number of nitrogens with zero attached hydrogens (tertiary/aromatic N) is 2. The molecule has 2 heterocycles. The first-order valence-electron chi connectivity index (χ1n) is 12.6. The molecular formula is C30H27IN2O5S. The van der Waals surface area contributed by atoms with Gasteiger partial charge in [-0.3, -0.25) is 9.36 Å². The molecule has 5 rings (SSSR count). The minimum absolute atomic E-state index is 0.223. The Morgan fingerprint density at radius 3 is 2.64 bits per heavy atom. The van der Waals surface area contributed by atoms with Crippen molar-refractivity contribution in [3.63, 3.8) is 0 Å². The number of esters is 1. The quantitative estimate of drug-likeness (QED) is 0.208. The molecule has 4 aromatic rings. The number of rotatable bonds is 7. The van der Waals surface area contributed by atoms with Crippen molar-refractivity contribution in [3.8, 4) is 11.5 Å². The number of halogens is 1. The lowest BCUT2D eigenvalue weighted by atomic mass is 9.91. The molecule has 1 atom stereocenters. The molecule has 200 valence electrons. The summed E-state index contributed by atoms with van der Waals surface area (Å²) in [5.41, 5.74) is 2.32. The molecule has 0 amide bonds. The van der Waals surface area contributed by atoms with Crippen molar-refractivity contribution in [2.75, 3.05) is 20.3 Å². The zero-order chi connectivity index (χ0) is 27.7. The van der Waals surface area contributed by atoms with Crippen molar-refractivity contribution in [3.05, 3.63) is 100 Å². The van der Waals surface area contributed by atoms with Crippen LogP contribution in [0.5, 0.6) is 11.5 Å². The van der Waals surface area contributed by atoms with E-state index in [1.54, 1.807) is 25.5 Å². The number of ether oxygens (including phenoxy) is 3. The molecule has 0 saturated heterocycles. The predicted octanol–water partition coefficient (Wildman–Crippen LogP) is 4.96. The van der Waals surface area contributed by atoms with E-state index >= 15 is 0 Å². The molecule has 0 N–H and O–H groups in total. The second-order valence-electron chi connectivity index (χ2n) is 8.84. The molecule has 0 bridgehead atoms. The van der Waals surface area contributed by atoms with Gasteiger partial charge in [0.2, 0.25) is 0 Å². The van der Waals surface area contributed by atoms with Crippen LogP contribution >= 0.6 is 33.9 Å². The van der Waals surface area contributed by atoms with Crippen LogP contribution < -0.4 is 24.4 Å². The fourth-order valence-electron chi connectivity index (χ4n) is 4.86. The van der Waals surface area contributed by atoms with Gasteiger partial charge in [0.25, 0.3) is 5.56 Å². The lowest BCUT2D eigenvalue weighted by Gasteiger charge is -2.25. The molecule has 0 aliphatic carbocycles. The van der Waals surface area contributed by atoms with Gasteiger partial charge in [-0.05, 0) is 83.5 Å². The fourth-order valence-corrected chi connectivity index (χ4v) is 6.75. The van der Waals surface area contributed by atoms with Crippen LogP contribution in [-0.4, -0.2) is 30.9 Å². The lowest BCUT2D eigenvalue weighted by Crippen LogP contribution is -2.40. The number of hydrogen-bond acceptors (Lipinski definition) is 7. The highest BCUT2D eigenvalue weighted by Gasteiger charge is 2.34. The molecule has 7 nitrogen and oxygen atoms in total. The first-order valence-corrected chi connectivity index (χ1v) is 14.4. The first-order chi connectivity index (χ1) is 18.9. The van der Waals surface area contributed by atoms with E-state index in [-0.39, 0.29) is 12.2 Å². The number of aromatic nitrogens is 1. The minimum Gasteiger partial charge on any atom is -0.492 e. The molecule has 0 radical (unpaired) electrons. The van der Waals surface area contributed by atoms with E-state index in [9.17, 15) is 9.59 Å². The average molecular weight is 655 g/mol. The van der Waals surface area contributed by atoms with Gasteiger partial charge in [-0.15, -0.1) is 0 Å². The Hall–Kier alpha value is -3.44. The fraction of sp³-hybridized carbons (Fsp3) is 0.233. The van der Waals surface area contributed by atoms with Gasteiger partial charge in [-0.1, -0.05) is 53.8 Å². The second kappa shape index (κ2) is 11.4. The van der Waals surface area contributed by atoms with Gasteiger partial charge >= 0.3 is 5.97 Å². The SMILES string of the molecule is CCOC(=O)C1=C(C)N=c2s/c(=C/c3cc(I)c(OC)c(OCC)c3)c(=O)n2[C@@H]1c1cccc2ccccc12. The maximum atomic E-state index is 14.0. The molecular weight excluding hydrogens is 627 g/mol. The van der Waals surface area contributed by atoms with Crippen LogP contribution in [0.2, 0.25) is 0 Å². The van der Waals surface area contributed by atoms with Crippen molar-refractivity contribution in [2.24, 2.45) is 4.99 Å². The highest BCUT2D eigenvalue weighted by atomic mass is 127. The average Bonchev–Trinajstić information content (AvgIpc) is 3.21. The summed E-state index contributed by atoms with van der Waals surface area (Å²) in [4.78, 5) is 32.5. The third kappa shape index (κ3) is 5.00. The van der Waals surface area contributed by atoms with Crippen LogP contribution in [0.3, 0.4) is 0 Å². The molecule has 39 heavy (non-hydrogen) atoms. The van der Waals surface area contributed by atoms with Gasteiger partial charge in [0.05, 0.1) is 45.7 Å². The number of fused-ring (bicyclic) bond motifs is 2. The Morgan fingerprint density at radius 2 is 1.90 bits per heavy atom.